The molecule has 7 heteroatoms. The van der Waals surface area contributed by atoms with E-state index < -0.39 is 9.85 Å². The number of nitro groups is 2. The van der Waals surface area contributed by atoms with Crippen molar-refractivity contribution in [3.05, 3.63) is 37.9 Å². The van der Waals surface area contributed by atoms with Crippen molar-refractivity contribution in [1.29, 1.82) is 0 Å². The Bertz CT molecular complexity index is 456. The van der Waals surface area contributed by atoms with E-state index >= 15 is 0 Å². The lowest BCUT2D eigenvalue weighted by Crippen LogP contribution is -2.13. The highest BCUT2D eigenvalue weighted by Crippen LogP contribution is 2.34. The molecule has 0 unspecified atom stereocenters. The number of rotatable bonds is 3. The topological polar surface area (TPSA) is 89.5 Å². The van der Waals surface area contributed by atoms with Crippen LogP contribution in [0.1, 0.15) is 5.56 Å². The summed E-state index contributed by atoms with van der Waals surface area (Å²) in [6, 6.07) is 2.30. The molecule has 1 aromatic carbocycles. The summed E-state index contributed by atoms with van der Waals surface area (Å²) in [5.41, 5.74) is 0.369. The fraction of sp³-hybridized carbons (Fsp3) is 0.333. The van der Waals surface area contributed by atoms with Gasteiger partial charge in [-0.3, -0.25) is 20.2 Å². The van der Waals surface area contributed by atoms with Crippen molar-refractivity contribution in [2.75, 3.05) is 19.0 Å². The highest BCUT2D eigenvalue weighted by Gasteiger charge is 2.23. The standard InChI is InChI=1S/C9H11N3O4/c1-6-4-7(11(13)14)5-8(12(15)16)9(6)10(2)3/h4-5H,1-3H3. The first-order valence-electron chi connectivity index (χ1n) is 4.45. The summed E-state index contributed by atoms with van der Waals surface area (Å²) in [7, 11) is 3.31. The van der Waals surface area contributed by atoms with Crippen molar-refractivity contribution in [3.63, 3.8) is 0 Å². The van der Waals surface area contributed by atoms with Gasteiger partial charge < -0.3 is 4.90 Å². The Kier molecular flexibility index (Phi) is 3.07. The molecule has 0 amide bonds. The third kappa shape index (κ3) is 2.08. The Balaban J connectivity index is 3.52. The van der Waals surface area contributed by atoms with Crippen LogP contribution in [0.4, 0.5) is 17.1 Å². The zero-order valence-corrected chi connectivity index (χ0v) is 9.13. The van der Waals surface area contributed by atoms with E-state index in [0.717, 1.165) is 6.07 Å². The number of hydrogen-bond donors (Lipinski definition) is 0. The second-order valence-electron chi connectivity index (χ2n) is 3.54. The van der Waals surface area contributed by atoms with Crippen molar-refractivity contribution in [2.24, 2.45) is 0 Å². The predicted molar refractivity (Wildman–Crippen MR) is 58.8 cm³/mol. The van der Waals surface area contributed by atoms with Crippen molar-refractivity contribution < 1.29 is 9.85 Å². The van der Waals surface area contributed by atoms with E-state index in [1.807, 2.05) is 0 Å². The van der Waals surface area contributed by atoms with Crippen LogP contribution in [0.2, 0.25) is 0 Å². The quantitative estimate of drug-likeness (QED) is 0.578. The molecule has 1 aromatic rings. The van der Waals surface area contributed by atoms with Gasteiger partial charge in [0.15, 0.2) is 0 Å². The predicted octanol–water partition coefficient (Wildman–Crippen LogP) is 1.88. The van der Waals surface area contributed by atoms with Gasteiger partial charge in [0.25, 0.3) is 11.4 Å². The Hall–Kier alpha value is -2.18. The first-order chi connectivity index (χ1) is 7.34. The van der Waals surface area contributed by atoms with E-state index in [9.17, 15) is 20.2 Å². The lowest BCUT2D eigenvalue weighted by atomic mass is 10.1. The highest BCUT2D eigenvalue weighted by molar-refractivity contribution is 5.70. The van der Waals surface area contributed by atoms with Crippen molar-refractivity contribution in [3.8, 4) is 0 Å². The van der Waals surface area contributed by atoms with Gasteiger partial charge in [0.05, 0.1) is 15.9 Å². The second-order valence-corrected chi connectivity index (χ2v) is 3.54. The van der Waals surface area contributed by atoms with Crippen molar-refractivity contribution >= 4 is 17.1 Å². The van der Waals surface area contributed by atoms with Crippen LogP contribution < -0.4 is 4.90 Å². The molecule has 0 aromatic heterocycles. The van der Waals surface area contributed by atoms with Crippen LogP contribution >= 0.6 is 0 Å². The number of nitrogens with zero attached hydrogens (tertiary/aromatic N) is 3. The molecule has 0 fully saturated rings. The van der Waals surface area contributed by atoms with Crippen LogP contribution in [0.3, 0.4) is 0 Å². The Labute approximate surface area is 91.6 Å². The van der Waals surface area contributed by atoms with Gasteiger partial charge in [0.2, 0.25) is 0 Å². The lowest BCUT2D eigenvalue weighted by molar-refractivity contribution is -0.393. The number of non-ortho nitro benzene ring substituents is 1. The molecule has 0 aliphatic carbocycles. The molecule has 0 heterocycles. The average Bonchev–Trinajstić information content (AvgIpc) is 2.15. The highest BCUT2D eigenvalue weighted by atomic mass is 16.6. The van der Waals surface area contributed by atoms with Gasteiger partial charge in [0.1, 0.15) is 5.69 Å². The fourth-order valence-electron chi connectivity index (χ4n) is 1.57. The molecular weight excluding hydrogens is 214 g/mol. The molecular formula is C9H11N3O4. The van der Waals surface area contributed by atoms with E-state index in [0.29, 0.717) is 11.3 Å². The van der Waals surface area contributed by atoms with Crippen LogP contribution in [-0.4, -0.2) is 23.9 Å². The molecule has 0 atom stereocenters. The largest absolute Gasteiger partial charge is 0.372 e. The van der Waals surface area contributed by atoms with Gasteiger partial charge in [-0.25, -0.2) is 0 Å². The minimum atomic E-state index is -0.639. The third-order valence-corrected chi connectivity index (χ3v) is 2.12. The number of anilines is 1. The summed E-state index contributed by atoms with van der Waals surface area (Å²) in [5, 5.41) is 21.4. The van der Waals surface area contributed by atoms with E-state index in [-0.39, 0.29) is 11.4 Å². The summed E-state index contributed by atoms with van der Waals surface area (Å²) in [6.45, 7) is 1.61. The number of benzene rings is 1. The van der Waals surface area contributed by atoms with Gasteiger partial charge in [-0.1, -0.05) is 0 Å². The SMILES string of the molecule is Cc1cc([N+](=O)[O-])cc([N+](=O)[O-])c1N(C)C. The molecule has 0 spiro atoms. The van der Waals surface area contributed by atoms with E-state index in [1.54, 1.807) is 25.9 Å². The van der Waals surface area contributed by atoms with E-state index in [2.05, 4.69) is 0 Å². The first kappa shape index (κ1) is 11.9. The van der Waals surface area contributed by atoms with E-state index in [4.69, 9.17) is 0 Å². The van der Waals surface area contributed by atoms with Gasteiger partial charge in [-0.2, -0.15) is 0 Å². The van der Waals surface area contributed by atoms with Crippen LogP contribution in [0.5, 0.6) is 0 Å². The molecule has 0 radical (unpaired) electrons. The summed E-state index contributed by atoms with van der Waals surface area (Å²) in [5.74, 6) is 0. The van der Waals surface area contributed by atoms with Crippen molar-refractivity contribution in [2.45, 2.75) is 6.92 Å². The molecule has 0 saturated heterocycles. The molecule has 0 saturated carbocycles. The van der Waals surface area contributed by atoms with Gasteiger partial charge in [-0.05, 0) is 12.5 Å². The molecule has 0 aliphatic heterocycles. The minimum Gasteiger partial charge on any atom is -0.372 e. The lowest BCUT2D eigenvalue weighted by Gasteiger charge is -2.15. The summed E-state index contributed by atoms with van der Waals surface area (Å²) in [6.07, 6.45) is 0. The van der Waals surface area contributed by atoms with Gasteiger partial charge in [0, 0.05) is 20.2 Å². The Morgan fingerprint density at radius 1 is 1.12 bits per heavy atom. The van der Waals surface area contributed by atoms with Crippen LogP contribution in [0, 0.1) is 27.2 Å². The number of hydrogen-bond acceptors (Lipinski definition) is 5. The molecule has 0 bridgehead atoms. The zero-order chi connectivity index (χ0) is 12.5. The molecule has 0 aliphatic rings. The Morgan fingerprint density at radius 3 is 2.06 bits per heavy atom. The average molecular weight is 225 g/mol. The summed E-state index contributed by atoms with van der Waals surface area (Å²) < 4.78 is 0. The molecule has 16 heavy (non-hydrogen) atoms. The summed E-state index contributed by atoms with van der Waals surface area (Å²) >= 11 is 0. The molecule has 86 valence electrons. The monoisotopic (exact) mass is 225 g/mol. The fourth-order valence-corrected chi connectivity index (χ4v) is 1.57. The maximum absolute atomic E-state index is 10.8. The Morgan fingerprint density at radius 2 is 1.69 bits per heavy atom. The number of nitro benzene ring substituents is 2. The minimum absolute atomic E-state index is 0.253. The maximum Gasteiger partial charge on any atom is 0.299 e. The summed E-state index contributed by atoms with van der Waals surface area (Å²) in [4.78, 5) is 21.7. The molecule has 7 nitrogen and oxygen atoms in total. The first-order valence-corrected chi connectivity index (χ1v) is 4.45. The maximum atomic E-state index is 10.8. The zero-order valence-electron chi connectivity index (χ0n) is 9.13. The van der Waals surface area contributed by atoms with Crippen molar-refractivity contribution in [1.82, 2.24) is 0 Å². The van der Waals surface area contributed by atoms with E-state index in [1.165, 1.54) is 6.07 Å². The van der Waals surface area contributed by atoms with Gasteiger partial charge >= 0.3 is 0 Å². The van der Waals surface area contributed by atoms with Gasteiger partial charge in [-0.15, -0.1) is 0 Å². The molecule has 1 rings (SSSR count). The van der Waals surface area contributed by atoms with Crippen LogP contribution in [0.15, 0.2) is 12.1 Å². The number of aryl methyl sites for hydroxylation is 1. The van der Waals surface area contributed by atoms with Crippen LogP contribution in [-0.2, 0) is 0 Å². The molecule has 0 N–H and O–H groups in total. The van der Waals surface area contributed by atoms with Crippen LogP contribution in [0.25, 0.3) is 0 Å². The normalized spacial score (nSPS) is 9.94. The second kappa shape index (κ2) is 4.13. The smallest absolute Gasteiger partial charge is 0.299 e. The third-order valence-electron chi connectivity index (χ3n) is 2.12.